The van der Waals surface area contributed by atoms with Gasteiger partial charge in [-0.3, -0.25) is 0 Å². The second kappa shape index (κ2) is 6.03. The predicted molar refractivity (Wildman–Crippen MR) is 78.4 cm³/mol. The highest BCUT2D eigenvalue weighted by atomic mass is 16.5. The van der Waals surface area contributed by atoms with Crippen molar-refractivity contribution < 1.29 is 19.4 Å². The van der Waals surface area contributed by atoms with Gasteiger partial charge >= 0.3 is 11.9 Å². The summed E-state index contributed by atoms with van der Waals surface area (Å²) in [5.74, 6) is -0.968. The molecule has 1 N–H and O–H groups in total. The summed E-state index contributed by atoms with van der Waals surface area (Å²) in [7, 11) is 1.29. The molecule has 3 heterocycles. The topological polar surface area (TPSA) is 110 Å². The van der Waals surface area contributed by atoms with E-state index in [9.17, 15) is 9.59 Å². The van der Waals surface area contributed by atoms with Gasteiger partial charge in [0.25, 0.3) is 0 Å². The molecular formula is C14H15N5O4. The van der Waals surface area contributed by atoms with Gasteiger partial charge in [0, 0.05) is 13.1 Å². The standard InChI is InChI=1S/C14H15N5O4/c1-23-14(22)11-8-19(17-16-11)9-5-6-18(7-9)12-4-2-3-10(15-12)13(20)21/h2-4,8-9H,5-7H2,1H3,(H,20,21). The van der Waals surface area contributed by atoms with Crippen LogP contribution in [0.4, 0.5) is 5.82 Å². The molecule has 0 saturated carbocycles. The number of carbonyl (C=O) groups is 2. The molecule has 0 spiro atoms. The molecule has 1 fully saturated rings. The monoisotopic (exact) mass is 317 g/mol. The molecule has 1 aliphatic heterocycles. The van der Waals surface area contributed by atoms with Crippen molar-refractivity contribution in [2.45, 2.75) is 12.5 Å². The molecule has 1 aliphatic rings. The normalized spacial score (nSPS) is 17.3. The van der Waals surface area contributed by atoms with Gasteiger partial charge < -0.3 is 14.7 Å². The zero-order valence-corrected chi connectivity index (χ0v) is 12.4. The Morgan fingerprint density at radius 1 is 1.35 bits per heavy atom. The smallest absolute Gasteiger partial charge is 0.360 e. The van der Waals surface area contributed by atoms with Crippen molar-refractivity contribution in [3.63, 3.8) is 0 Å². The van der Waals surface area contributed by atoms with Gasteiger partial charge in [-0.25, -0.2) is 19.3 Å². The summed E-state index contributed by atoms with van der Waals surface area (Å²) in [6, 6.07) is 4.94. The van der Waals surface area contributed by atoms with Crippen LogP contribution in [0.2, 0.25) is 0 Å². The number of aromatic nitrogens is 4. The second-order valence-corrected chi connectivity index (χ2v) is 5.15. The lowest BCUT2D eigenvalue weighted by Gasteiger charge is -2.17. The van der Waals surface area contributed by atoms with E-state index in [1.165, 1.54) is 13.2 Å². The van der Waals surface area contributed by atoms with Crippen LogP contribution in [0.3, 0.4) is 0 Å². The number of ether oxygens (including phenoxy) is 1. The fourth-order valence-electron chi connectivity index (χ4n) is 2.54. The van der Waals surface area contributed by atoms with E-state index < -0.39 is 11.9 Å². The Hall–Kier alpha value is -2.97. The van der Waals surface area contributed by atoms with E-state index in [1.807, 2.05) is 4.90 Å². The molecule has 3 rings (SSSR count). The minimum atomic E-state index is -1.05. The van der Waals surface area contributed by atoms with Crippen LogP contribution in [-0.2, 0) is 4.74 Å². The third-order valence-electron chi connectivity index (χ3n) is 3.72. The van der Waals surface area contributed by atoms with Crippen molar-refractivity contribution in [2.75, 3.05) is 25.1 Å². The van der Waals surface area contributed by atoms with Gasteiger partial charge in [-0.2, -0.15) is 0 Å². The number of carbonyl (C=O) groups excluding carboxylic acids is 1. The molecule has 0 aliphatic carbocycles. The van der Waals surface area contributed by atoms with Gasteiger partial charge in [0.1, 0.15) is 5.82 Å². The average molecular weight is 317 g/mol. The van der Waals surface area contributed by atoms with Crippen molar-refractivity contribution in [3.05, 3.63) is 35.8 Å². The first kappa shape index (κ1) is 14.9. The summed E-state index contributed by atoms with van der Waals surface area (Å²) in [5, 5.41) is 16.8. The molecule has 9 heteroatoms. The van der Waals surface area contributed by atoms with E-state index in [4.69, 9.17) is 5.11 Å². The number of aromatic carboxylic acids is 1. The first-order valence-electron chi connectivity index (χ1n) is 7.04. The van der Waals surface area contributed by atoms with Gasteiger partial charge in [0.2, 0.25) is 0 Å². The highest BCUT2D eigenvalue weighted by molar-refractivity contribution is 5.86. The Morgan fingerprint density at radius 2 is 2.17 bits per heavy atom. The SMILES string of the molecule is COC(=O)c1cn(C2CCN(c3cccc(C(=O)O)n3)C2)nn1. The molecule has 1 saturated heterocycles. The Bertz CT molecular complexity index is 744. The van der Waals surface area contributed by atoms with E-state index in [1.54, 1.807) is 23.0 Å². The van der Waals surface area contributed by atoms with E-state index in [-0.39, 0.29) is 17.4 Å². The summed E-state index contributed by atoms with van der Waals surface area (Å²) >= 11 is 0. The molecular weight excluding hydrogens is 302 g/mol. The van der Waals surface area contributed by atoms with Crippen LogP contribution in [0, 0.1) is 0 Å². The quantitative estimate of drug-likeness (QED) is 0.817. The number of methoxy groups -OCH3 is 1. The highest BCUT2D eigenvalue weighted by Crippen LogP contribution is 2.25. The number of esters is 1. The van der Waals surface area contributed by atoms with Crippen LogP contribution in [0.5, 0.6) is 0 Å². The van der Waals surface area contributed by atoms with Gasteiger partial charge in [-0.1, -0.05) is 11.3 Å². The number of carboxylic acid groups (broad SMARTS) is 1. The molecule has 2 aromatic heterocycles. The first-order chi connectivity index (χ1) is 11.1. The number of carboxylic acids is 1. The summed E-state index contributed by atoms with van der Waals surface area (Å²) in [4.78, 5) is 28.5. The van der Waals surface area contributed by atoms with Crippen molar-refractivity contribution in [2.24, 2.45) is 0 Å². The van der Waals surface area contributed by atoms with Crippen LogP contribution >= 0.6 is 0 Å². The molecule has 0 amide bonds. The highest BCUT2D eigenvalue weighted by Gasteiger charge is 2.27. The van der Waals surface area contributed by atoms with Crippen LogP contribution in [0.15, 0.2) is 24.4 Å². The molecule has 120 valence electrons. The van der Waals surface area contributed by atoms with Crippen molar-refractivity contribution in [1.82, 2.24) is 20.0 Å². The molecule has 0 aromatic carbocycles. The summed E-state index contributed by atoms with van der Waals surface area (Å²) < 4.78 is 6.24. The summed E-state index contributed by atoms with van der Waals surface area (Å²) in [5.41, 5.74) is 0.177. The summed E-state index contributed by atoms with van der Waals surface area (Å²) in [6.07, 6.45) is 2.35. The maximum Gasteiger partial charge on any atom is 0.360 e. The molecule has 1 atom stereocenters. The number of nitrogens with zero attached hydrogens (tertiary/aromatic N) is 5. The van der Waals surface area contributed by atoms with Crippen molar-refractivity contribution >= 4 is 17.8 Å². The van der Waals surface area contributed by atoms with Gasteiger partial charge in [-0.05, 0) is 18.6 Å². The molecule has 0 bridgehead atoms. The largest absolute Gasteiger partial charge is 0.477 e. The molecule has 2 aromatic rings. The third kappa shape index (κ3) is 2.98. The minimum Gasteiger partial charge on any atom is -0.477 e. The van der Waals surface area contributed by atoms with E-state index >= 15 is 0 Å². The minimum absolute atomic E-state index is 0.0136. The molecule has 1 unspecified atom stereocenters. The first-order valence-corrected chi connectivity index (χ1v) is 7.04. The van der Waals surface area contributed by atoms with Crippen LogP contribution in [-0.4, -0.2) is 57.2 Å². The fraction of sp³-hybridized carbons (Fsp3) is 0.357. The van der Waals surface area contributed by atoms with Gasteiger partial charge in [0.15, 0.2) is 11.4 Å². The number of pyridine rings is 1. The molecule has 0 radical (unpaired) electrons. The lowest BCUT2D eigenvalue weighted by molar-refractivity contribution is 0.0593. The van der Waals surface area contributed by atoms with Crippen LogP contribution in [0.25, 0.3) is 0 Å². The van der Waals surface area contributed by atoms with Gasteiger partial charge in [-0.15, -0.1) is 5.10 Å². The maximum atomic E-state index is 11.4. The average Bonchev–Trinajstić information content (AvgIpc) is 3.23. The van der Waals surface area contributed by atoms with Crippen LogP contribution in [0.1, 0.15) is 33.4 Å². The summed E-state index contributed by atoms with van der Waals surface area (Å²) in [6.45, 7) is 1.33. The maximum absolute atomic E-state index is 11.4. The Morgan fingerprint density at radius 3 is 2.91 bits per heavy atom. The number of hydrogen-bond donors (Lipinski definition) is 1. The third-order valence-corrected chi connectivity index (χ3v) is 3.72. The van der Waals surface area contributed by atoms with Gasteiger partial charge in [0.05, 0.1) is 19.3 Å². The lowest BCUT2D eigenvalue weighted by atomic mass is 10.3. The number of rotatable bonds is 4. The van der Waals surface area contributed by atoms with Crippen molar-refractivity contribution in [1.29, 1.82) is 0 Å². The number of anilines is 1. The van der Waals surface area contributed by atoms with Crippen LogP contribution < -0.4 is 4.90 Å². The number of hydrogen-bond acceptors (Lipinski definition) is 7. The second-order valence-electron chi connectivity index (χ2n) is 5.15. The zero-order chi connectivity index (χ0) is 16.4. The van der Waals surface area contributed by atoms with E-state index in [0.29, 0.717) is 18.9 Å². The van der Waals surface area contributed by atoms with E-state index in [0.717, 1.165) is 6.42 Å². The molecule has 9 nitrogen and oxygen atoms in total. The fourth-order valence-corrected chi connectivity index (χ4v) is 2.54. The van der Waals surface area contributed by atoms with Crippen molar-refractivity contribution in [3.8, 4) is 0 Å². The van der Waals surface area contributed by atoms with E-state index in [2.05, 4.69) is 20.0 Å². The zero-order valence-electron chi connectivity index (χ0n) is 12.4. The Balaban J connectivity index is 1.73. The Labute approximate surface area is 131 Å². The lowest BCUT2D eigenvalue weighted by Crippen LogP contribution is -2.22. The Kier molecular flexibility index (Phi) is 3.92. The predicted octanol–water partition coefficient (Wildman–Crippen LogP) is 0.609. The molecule has 23 heavy (non-hydrogen) atoms.